The average molecular weight is 349 g/mol. The van der Waals surface area contributed by atoms with E-state index in [0.29, 0.717) is 0 Å². The summed E-state index contributed by atoms with van der Waals surface area (Å²) in [6.07, 6.45) is 1.57. The van der Waals surface area contributed by atoms with Crippen LogP contribution in [0.3, 0.4) is 0 Å². The Labute approximate surface area is 149 Å². The Bertz CT molecular complexity index is 1040. The van der Waals surface area contributed by atoms with Crippen molar-refractivity contribution in [2.45, 2.75) is 13.8 Å². The van der Waals surface area contributed by atoms with Gasteiger partial charge in [0, 0.05) is 16.1 Å². The number of aryl methyl sites for hydroxylation is 2. The highest BCUT2D eigenvalue weighted by atomic mass is 32.1. The molecule has 3 nitrogen and oxygen atoms in total. The number of thiophene rings is 1. The molecular weight excluding hydrogens is 333 g/mol. The fourth-order valence-electron chi connectivity index (χ4n) is 2.88. The quantitative estimate of drug-likeness (QED) is 0.503. The lowest BCUT2D eigenvalue weighted by atomic mass is 10.0. The van der Waals surface area contributed by atoms with E-state index in [-0.39, 0.29) is 5.82 Å². The number of rotatable bonds is 3. The second-order valence-electron chi connectivity index (χ2n) is 5.93. The Morgan fingerprint density at radius 1 is 0.920 bits per heavy atom. The number of halogens is 1. The third kappa shape index (κ3) is 2.98. The van der Waals surface area contributed by atoms with E-state index in [1.165, 1.54) is 17.7 Å². The Morgan fingerprint density at radius 3 is 2.36 bits per heavy atom. The van der Waals surface area contributed by atoms with Gasteiger partial charge in [-0.05, 0) is 43.7 Å². The van der Waals surface area contributed by atoms with Crippen LogP contribution in [-0.4, -0.2) is 9.97 Å². The maximum atomic E-state index is 13.3. The van der Waals surface area contributed by atoms with Crippen molar-refractivity contribution < 1.29 is 4.39 Å². The smallest absolute Gasteiger partial charge is 0.143 e. The van der Waals surface area contributed by atoms with Crippen LogP contribution in [0.2, 0.25) is 0 Å². The maximum Gasteiger partial charge on any atom is 0.143 e. The lowest BCUT2D eigenvalue weighted by Crippen LogP contribution is -1.95. The van der Waals surface area contributed by atoms with Gasteiger partial charge in [-0.15, -0.1) is 11.3 Å². The van der Waals surface area contributed by atoms with Gasteiger partial charge in [-0.3, -0.25) is 0 Å². The molecule has 2 aromatic heterocycles. The fraction of sp³-hybridized carbons (Fsp3) is 0.100. The molecule has 2 heterocycles. The highest BCUT2D eigenvalue weighted by Gasteiger charge is 2.17. The summed E-state index contributed by atoms with van der Waals surface area (Å²) in [5.74, 6) is 0.521. The van der Waals surface area contributed by atoms with E-state index in [9.17, 15) is 4.39 Å². The Kier molecular flexibility index (Phi) is 3.93. The highest BCUT2D eigenvalue weighted by molar-refractivity contribution is 7.19. The van der Waals surface area contributed by atoms with Gasteiger partial charge in [0.2, 0.25) is 0 Å². The topological polar surface area (TPSA) is 37.8 Å². The number of hydrogen-bond acceptors (Lipinski definition) is 4. The number of benzene rings is 2. The molecule has 0 aliphatic heterocycles. The van der Waals surface area contributed by atoms with Crippen LogP contribution in [-0.2, 0) is 0 Å². The second-order valence-corrected chi connectivity index (χ2v) is 7.14. The number of fused-ring (bicyclic) bond motifs is 1. The zero-order valence-electron chi connectivity index (χ0n) is 13.9. The van der Waals surface area contributed by atoms with Crippen LogP contribution in [0.4, 0.5) is 15.9 Å². The normalized spacial score (nSPS) is 11.0. The van der Waals surface area contributed by atoms with Crippen molar-refractivity contribution >= 4 is 33.1 Å². The summed E-state index contributed by atoms with van der Waals surface area (Å²) < 4.78 is 13.3. The monoisotopic (exact) mass is 349 g/mol. The Balaban J connectivity index is 1.87. The van der Waals surface area contributed by atoms with E-state index in [1.807, 2.05) is 12.1 Å². The summed E-state index contributed by atoms with van der Waals surface area (Å²) in [6, 6.07) is 14.7. The lowest BCUT2D eigenvalue weighted by molar-refractivity contribution is 0.628. The minimum atomic E-state index is -0.241. The average Bonchev–Trinajstić information content (AvgIpc) is 2.95. The minimum absolute atomic E-state index is 0.241. The first-order chi connectivity index (χ1) is 12.1. The van der Waals surface area contributed by atoms with E-state index >= 15 is 0 Å². The summed E-state index contributed by atoms with van der Waals surface area (Å²) in [4.78, 5) is 10.9. The highest BCUT2D eigenvalue weighted by Crippen LogP contribution is 2.40. The van der Waals surface area contributed by atoms with E-state index < -0.39 is 0 Å². The summed E-state index contributed by atoms with van der Waals surface area (Å²) in [7, 11) is 0. The number of nitrogens with zero attached hydrogens (tertiary/aromatic N) is 2. The maximum absolute atomic E-state index is 13.3. The van der Waals surface area contributed by atoms with Gasteiger partial charge in [0.25, 0.3) is 0 Å². The van der Waals surface area contributed by atoms with Crippen LogP contribution >= 0.6 is 11.3 Å². The van der Waals surface area contributed by atoms with Gasteiger partial charge in [0.1, 0.15) is 22.8 Å². The van der Waals surface area contributed by atoms with Gasteiger partial charge in [0.05, 0.1) is 5.39 Å². The van der Waals surface area contributed by atoms with Crippen LogP contribution in [0.15, 0.2) is 54.9 Å². The van der Waals surface area contributed by atoms with Crippen molar-refractivity contribution in [3.63, 3.8) is 0 Å². The molecule has 0 aliphatic rings. The summed E-state index contributed by atoms with van der Waals surface area (Å²) in [5.41, 5.74) is 4.19. The van der Waals surface area contributed by atoms with E-state index in [2.05, 4.69) is 41.3 Å². The zero-order chi connectivity index (χ0) is 17.4. The predicted octanol–water partition coefficient (Wildman–Crippen LogP) is 5.86. The first-order valence-electron chi connectivity index (χ1n) is 7.95. The molecule has 0 saturated heterocycles. The molecule has 2 aromatic carbocycles. The van der Waals surface area contributed by atoms with E-state index in [1.54, 1.807) is 29.8 Å². The van der Waals surface area contributed by atoms with Gasteiger partial charge in [-0.2, -0.15) is 0 Å². The van der Waals surface area contributed by atoms with Crippen molar-refractivity contribution in [2.24, 2.45) is 0 Å². The Morgan fingerprint density at radius 2 is 1.64 bits per heavy atom. The summed E-state index contributed by atoms with van der Waals surface area (Å²) in [6.45, 7) is 4.11. The molecule has 0 spiro atoms. The largest absolute Gasteiger partial charge is 0.340 e. The van der Waals surface area contributed by atoms with Crippen molar-refractivity contribution in [2.75, 3.05) is 5.32 Å². The summed E-state index contributed by atoms with van der Waals surface area (Å²) >= 11 is 1.62. The molecule has 0 amide bonds. The van der Waals surface area contributed by atoms with Gasteiger partial charge >= 0.3 is 0 Å². The van der Waals surface area contributed by atoms with Crippen molar-refractivity contribution in [1.29, 1.82) is 0 Å². The molecule has 0 radical (unpaired) electrons. The van der Waals surface area contributed by atoms with Gasteiger partial charge in [-0.1, -0.05) is 29.8 Å². The van der Waals surface area contributed by atoms with Gasteiger partial charge in [-0.25, -0.2) is 14.4 Å². The molecule has 0 unspecified atom stereocenters. The molecule has 0 fully saturated rings. The van der Waals surface area contributed by atoms with Crippen molar-refractivity contribution in [3.05, 3.63) is 71.1 Å². The molecule has 0 atom stereocenters. The standard InChI is InChI=1S/C20H16FN3S/c1-12-3-9-16(10-4-12)24-19-18-17(14-5-7-15(21)8-6-14)13(2)25-20(18)23-11-22-19/h3-11H,1-2H3,(H,22,23,24). The Hall–Kier alpha value is -2.79. The molecule has 1 N–H and O–H groups in total. The van der Waals surface area contributed by atoms with Crippen LogP contribution in [0.5, 0.6) is 0 Å². The van der Waals surface area contributed by atoms with Crippen LogP contribution in [0.25, 0.3) is 21.3 Å². The molecule has 0 aliphatic carbocycles. The van der Waals surface area contributed by atoms with E-state index in [0.717, 1.165) is 37.7 Å². The number of hydrogen-bond donors (Lipinski definition) is 1. The van der Waals surface area contributed by atoms with Crippen LogP contribution < -0.4 is 5.32 Å². The lowest BCUT2D eigenvalue weighted by Gasteiger charge is -2.09. The van der Waals surface area contributed by atoms with Crippen LogP contribution in [0, 0.1) is 19.7 Å². The third-order valence-electron chi connectivity index (χ3n) is 4.11. The van der Waals surface area contributed by atoms with Gasteiger partial charge in [0.15, 0.2) is 0 Å². The van der Waals surface area contributed by atoms with E-state index in [4.69, 9.17) is 0 Å². The third-order valence-corrected chi connectivity index (χ3v) is 5.12. The molecule has 5 heteroatoms. The number of nitrogens with one attached hydrogen (secondary N) is 1. The zero-order valence-corrected chi connectivity index (χ0v) is 14.7. The van der Waals surface area contributed by atoms with Crippen LogP contribution in [0.1, 0.15) is 10.4 Å². The molecule has 4 aromatic rings. The fourth-order valence-corrected chi connectivity index (χ4v) is 3.89. The predicted molar refractivity (Wildman–Crippen MR) is 102 cm³/mol. The SMILES string of the molecule is Cc1ccc(Nc2ncnc3sc(C)c(-c4ccc(F)cc4)c23)cc1. The molecule has 124 valence electrons. The minimum Gasteiger partial charge on any atom is -0.340 e. The molecule has 0 saturated carbocycles. The molecule has 0 bridgehead atoms. The number of aromatic nitrogens is 2. The molecule has 4 rings (SSSR count). The molecule has 25 heavy (non-hydrogen) atoms. The van der Waals surface area contributed by atoms with Crippen molar-refractivity contribution in [3.8, 4) is 11.1 Å². The second kappa shape index (κ2) is 6.26. The van der Waals surface area contributed by atoms with Crippen molar-refractivity contribution in [1.82, 2.24) is 9.97 Å². The first kappa shape index (κ1) is 15.7. The molecular formula is C20H16FN3S. The number of anilines is 2. The summed E-state index contributed by atoms with van der Waals surface area (Å²) in [5, 5.41) is 4.36. The first-order valence-corrected chi connectivity index (χ1v) is 8.77. The van der Waals surface area contributed by atoms with Gasteiger partial charge < -0.3 is 5.32 Å².